The molecule has 2 rings (SSSR count). The van der Waals surface area contributed by atoms with Crippen molar-refractivity contribution >= 4 is 11.6 Å². The molecule has 0 unspecified atom stereocenters. The highest BCUT2D eigenvalue weighted by atomic mass is 19.1. The molecule has 5 heteroatoms. The number of carbonyl (C=O) groups excluding carboxylic acids is 1. The minimum Gasteiger partial charge on any atom is -0.365 e. The summed E-state index contributed by atoms with van der Waals surface area (Å²) in [5.41, 5.74) is 1.80. The van der Waals surface area contributed by atoms with E-state index in [9.17, 15) is 9.18 Å². The van der Waals surface area contributed by atoms with E-state index in [0.29, 0.717) is 19.1 Å². The van der Waals surface area contributed by atoms with Crippen molar-refractivity contribution in [2.24, 2.45) is 0 Å². The molecule has 0 heterocycles. The lowest BCUT2D eigenvalue weighted by Gasteiger charge is -2.22. The average molecular weight is 293 g/mol. The number of hydrogen-bond donors (Lipinski definition) is 2. The maximum absolute atomic E-state index is 13.5. The molecule has 1 fully saturated rings. The molecule has 1 aliphatic rings. The monoisotopic (exact) mass is 293 g/mol. The lowest BCUT2D eigenvalue weighted by atomic mass is 10.1. The molecule has 2 N–H and O–H groups in total. The number of carbonyl (C=O) groups is 1. The van der Waals surface area contributed by atoms with Crippen LogP contribution in [0, 0.1) is 5.82 Å². The van der Waals surface area contributed by atoms with E-state index < -0.39 is 0 Å². The summed E-state index contributed by atoms with van der Waals surface area (Å²) in [5, 5.41) is 6.24. The van der Waals surface area contributed by atoms with Gasteiger partial charge in [-0.25, -0.2) is 4.39 Å². The predicted octanol–water partition coefficient (Wildman–Crippen LogP) is 2.04. The Labute approximate surface area is 125 Å². The van der Waals surface area contributed by atoms with E-state index in [-0.39, 0.29) is 18.3 Å². The van der Waals surface area contributed by atoms with Crippen LogP contribution in [-0.2, 0) is 11.3 Å². The second kappa shape index (κ2) is 7.41. The molecule has 0 saturated heterocycles. The first-order chi connectivity index (χ1) is 10.1. The van der Waals surface area contributed by atoms with Gasteiger partial charge in [0.2, 0.25) is 5.91 Å². The molecular formula is C16H24FN3O. The van der Waals surface area contributed by atoms with Crippen molar-refractivity contribution in [3.63, 3.8) is 0 Å². The Bertz CT molecular complexity index is 488. The third kappa shape index (κ3) is 5.01. The van der Waals surface area contributed by atoms with Crippen molar-refractivity contribution < 1.29 is 9.18 Å². The van der Waals surface area contributed by atoms with Crippen molar-refractivity contribution in [1.29, 1.82) is 0 Å². The van der Waals surface area contributed by atoms with Crippen LogP contribution < -0.4 is 15.5 Å². The number of amides is 1. The summed E-state index contributed by atoms with van der Waals surface area (Å²) in [4.78, 5) is 13.7. The highest BCUT2D eigenvalue weighted by Gasteiger charge is 2.21. The molecule has 0 aliphatic heterocycles. The number of nitrogens with one attached hydrogen (secondary N) is 2. The third-order valence-corrected chi connectivity index (χ3v) is 3.56. The van der Waals surface area contributed by atoms with Gasteiger partial charge in [-0.15, -0.1) is 0 Å². The number of nitrogens with zero attached hydrogens (tertiary/aromatic N) is 1. The summed E-state index contributed by atoms with van der Waals surface area (Å²) in [6.45, 7) is 3.62. The fourth-order valence-electron chi connectivity index (χ4n) is 2.23. The second-order valence-electron chi connectivity index (χ2n) is 5.63. The quantitative estimate of drug-likeness (QED) is 0.771. The molecule has 0 spiro atoms. The predicted molar refractivity (Wildman–Crippen MR) is 82.8 cm³/mol. The smallest absolute Gasteiger partial charge is 0.239 e. The van der Waals surface area contributed by atoms with Crippen LogP contribution in [0.2, 0.25) is 0 Å². The van der Waals surface area contributed by atoms with Gasteiger partial charge in [-0.05, 0) is 43.0 Å². The Morgan fingerprint density at radius 1 is 1.43 bits per heavy atom. The molecule has 0 atom stereocenters. The standard InChI is InChI=1S/C16H24FN3O/c1-3-8-18-16(21)11-20(2)15-7-4-13(17)9-12(15)10-19-14-5-6-14/h4,7,9,14,19H,3,5-6,8,10-11H2,1-2H3,(H,18,21). The van der Waals surface area contributed by atoms with Gasteiger partial charge in [0.1, 0.15) is 5.82 Å². The van der Waals surface area contributed by atoms with E-state index in [4.69, 9.17) is 0 Å². The Hall–Kier alpha value is -1.62. The van der Waals surface area contributed by atoms with Crippen LogP contribution in [0.4, 0.5) is 10.1 Å². The molecule has 1 aromatic carbocycles. The lowest BCUT2D eigenvalue weighted by Crippen LogP contribution is -2.36. The number of hydrogen-bond acceptors (Lipinski definition) is 3. The number of anilines is 1. The summed E-state index contributed by atoms with van der Waals surface area (Å²) in [6.07, 6.45) is 3.31. The topological polar surface area (TPSA) is 44.4 Å². The molecule has 0 radical (unpaired) electrons. The van der Waals surface area contributed by atoms with Gasteiger partial charge in [0.15, 0.2) is 0 Å². The molecular weight excluding hydrogens is 269 g/mol. The van der Waals surface area contributed by atoms with Crippen molar-refractivity contribution in [2.45, 2.75) is 38.8 Å². The van der Waals surface area contributed by atoms with E-state index in [1.54, 1.807) is 12.1 Å². The fraction of sp³-hybridized carbons (Fsp3) is 0.562. The molecule has 0 aromatic heterocycles. The fourth-order valence-corrected chi connectivity index (χ4v) is 2.23. The van der Waals surface area contributed by atoms with Crippen LogP contribution in [0.5, 0.6) is 0 Å². The number of rotatable bonds is 8. The molecule has 0 bridgehead atoms. The maximum Gasteiger partial charge on any atom is 0.239 e. The van der Waals surface area contributed by atoms with Gasteiger partial charge < -0.3 is 15.5 Å². The molecule has 1 aromatic rings. The van der Waals surface area contributed by atoms with Gasteiger partial charge in [-0.1, -0.05) is 6.92 Å². The molecule has 4 nitrogen and oxygen atoms in total. The Balaban J connectivity index is 2.00. The van der Waals surface area contributed by atoms with Crippen molar-refractivity contribution in [2.75, 3.05) is 25.0 Å². The zero-order valence-corrected chi connectivity index (χ0v) is 12.8. The Morgan fingerprint density at radius 2 is 2.19 bits per heavy atom. The summed E-state index contributed by atoms with van der Waals surface area (Å²) in [7, 11) is 1.86. The maximum atomic E-state index is 13.5. The van der Waals surface area contributed by atoms with Gasteiger partial charge in [0.25, 0.3) is 0 Å². The molecule has 1 amide bonds. The second-order valence-corrected chi connectivity index (χ2v) is 5.63. The van der Waals surface area contributed by atoms with Crippen LogP contribution in [-0.4, -0.2) is 32.1 Å². The first-order valence-electron chi connectivity index (χ1n) is 7.59. The molecule has 116 valence electrons. The highest BCUT2D eigenvalue weighted by molar-refractivity contribution is 5.81. The molecule has 21 heavy (non-hydrogen) atoms. The van der Waals surface area contributed by atoms with E-state index in [1.807, 2.05) is 18.9 Å². The Morgan fingerprint density at radius 3 is 2.86 bits per heavy atom. The van der Waals surface area contributed by atoms with Crippen molar-refractivity contribution in [3.05, 3.63) is 29.6 Å². The number of benzene rings is 1. The van der Waals surface area contributed by atoms with Crippen LogP contribution in [0.1, 0.15) is 31.7 Å². The van der Waals surface area contributed by atoms with E-state index in [1.165, 1.54) is 18.9 Å². The summed E-state index contributed by atoms with van der Waals surface area (Å²) in [5.74, 6) is -0.250. The summed E-state index contributed by atoms with van der Waals surface area (Å²) in [6, 6.07) is 5.30. The first kappa shape index (κ1) is 15.8. The average Bonchev–Trinajstić information content (AvgIpc) is 3.27. The van der Waals surface area contributed by atoms with Gasteiger partial charge in [0, 0.05) is 31.9 Å². The van der Waals surface area contributed by atoms with Gasteiger partial charge in [-0.2, -0.15) is 0 Å². The lowest BCUT2D eigenvalue weighted by molar-refractivity contribution is -0.119. The molecule has 1 saturated carbocycles. The van der Waals surface area contributed by atoms with Gasteiger partial charge in [0.05, 0.1) is 6.54 Å². The zero-order valence-electron chi connectivity index (χ0n) is 12.8. The zero-order chi connectivity index (χ0) is 15.2. The van der Waals surface area contributed by atoms with Crippen LogP contribution in [0.25, 0.3) is 0 Å². The summed E-state index contributed by atoms with van der Waals surface area (Å²) >= 11 is 0. The molecule has 1 aliphatic carbocycles. The number of halogens is 1. The van der Waals surface area contributed by atoms with Gasteiger partial charge in [-0.3, -0.25) is 4.79 Å². The van der Waals surface area contributed by atoms with Crippen molar-refractivity contribution in [3.8, 4) is 0 Å². The Kier molecular flexibility index (Phi) is 5.56. The minimum absolute atomic E-state index is 0.00947. The largest absolute Gasteiger partial charge is 0.365 e. The number of likely N-dealkylation sites (N-methyl/N-ethyl adjacent to an activating group) is 1. The van der Waals surface area contributed by atoms with E-state index in [2.05, 4.69) is 10.6 Å². The normalized spacial score (nSPS) is 14.0. The van der Waals surface area contributed by atoms with Crippen molar-refractivity contribution in [1.82, 2.24) is 10.6 Å². The summed E-state index contributed by atoms with van der Waals surface area (Å²) < 4.78 is 13.5. The van der Waals surface area contributed by atoms with E-state index in [0.717, 1.165) is 17.7 Å². The highest BCUT2D eigenvalue weighted by Crippen LogP contribution is 2.24. The third-order valence-electron chi connectivity index (χ3n) is 3.56. The minimum atomic E-state index is -0.241. The van der Waals surface area contributed by atoms with Crippen LogP contribution in [0.3, 0.4) is 0 Å². The SMILES string of the molecule is CCCNC(=O)CN(C)c1ccc(F)cc1CNC1CC1. The van der Waals surface area contributed by atoms with E-state index >= 15 is 0 Å². The van der Waals surface area contributed by atoms with Crippen LogP contribution in [0.15, 0.2) is 18.2 Å². The first-order valence-corrected chi connectivity index (χ1v) is 7.59. The van der Waals surface area contributed by atoms with Gasteiger partial charge >= 0.3 is 0 Å². The van der Waals surface area contributed by atoms with Crippen LogP contribution >= 0.6 is 0 Å².